The van der Waals surface area contributed by atoms with Crippen molar-refractivity contribution in [1.82, 2.24) is 5.32 Å². The van der Waals surface area contributed by atoms with Gasteiger partial charge in [-0.05, 0) is 49.9 Å². The fourth-order valence-corrected chi connectivity index (χ4v) is 2.72. The van der Waals surface area contributed by atoms with E-state index in [2.05, 4.69) is 5.32 Å². The third kappa shape index (κ3) is 2.51. The third-order valence-electron chi connectivity index (χ3n) is 4.18. The van der Waals surface area contributed by atoms with Crippen LogP contribution < -0.4 is 11.1 Å². The Labute approximate surface area is 103 Å². The van der Waals surface area contributed by atoms with Gasteiger partial charge in [0.1, 0.15) is 0 Å². The van der Waals surface area contributed by atoms with Gasteiger partial charge >= 0.3 is 0 Å². The van der Waals surface area contributed by atoms with E-state index in [1.165, 1.54) is 25.7 Å². The molecule has 0 bridgehead atoms. The zero-order valence-electron chi connectivity index (χ0n) is 9.52. The van der Waals surface area contributed by atoms with Crippen molar-refractivity contribution in [2.75, 3.05) is 6.54 Å². The van der Waals surface area contributed by atoms with Crippen LogP contribution in [-0.4, -0.2) is 18.5 Å². The molecular formula is C12H21ClN2O. The average molecular weight is 245 g/mol. The second kappa shape index (κ2) is 4.53. The Morgan fingerprint density at radius 2 is 2.00 bits per heavy atom. The van der Waals surface area contributed by atoms with Gasteiger partial charge in [0.15, 0.2) is 0 Å². The molecular weight excluding hydrogens is 224 g/mol. The fraction of sp³-hybridized carbons (Fsp3) is 0.917. The van der Waals surface area contributed by atoms with Gasteiger partial charge in [-0.1, -0.05) is 0 Å². The van der Waals surface area contributed by atoms with E-state index in [0.717, 1.165) is 18.3 Å². The molecule has 3 aliphatic carbocycles. The Bertz CT molecular complexity index is 276. The molecule has 3 unspecified atom stereocenters. The molecule has 0 aromatic rings. The predicted molar refractivity (Wildman–Crippen MR) is 65.3 cm³/mol. The third-order valence-corrected chi connectivity index (χ3v) is 4.18. The van der Waals surface area contributed by atoms with E-state index < -0.39 is 0 Å². The van der Waals surface area contributed by atoms with Gasteiger partial charge in [0.2, 0.25) is 5.91 Å². The number of amides is 1. The van der Waals surface area contributed by atoms with Gasteiger partial charge in [0.05, 0.1) is 0 Å². The summed E-state index contributed by atoms with van der Waals surface area (Å²) in [4.78, 5) is 11.9. The van der Waals surface area contributed by atoms with E-state index in [0.29, 0.717) is 18.4 Å². The SMILES string of the molecule is Cl.NCC(NC(=O)C1CC1C1CC1)C1CC1. The molecule has 0 spiro atoms. The normalized spacial score (nSPS) is 33.8. The maximum Gasteiger partial charge on any atom is 0.223 e. The monoisotopic (exact) mass is 244 g/mol. The van der Waals surface area contributed by atoms with Crippen molar-refractivity contribution in [3.05, 3.63) is 0 Å². The Kier molecular flexibility index (Phi) is 3.45. The number of hydrogen-bond donors (Lipinski definition) is 2. The maximum absolute atomic E-state index is 11.9. The average Bonchev–Trinajstić information content (AvgIpc) is 3.10. The lowest BCUT2D eigenvalue weighted by molar-refractivity contribution is -0.123. The topological polar surface area (TPSA) is 55.1 Å². The van der Waals surface area contributed by atoms with E-state index >= 15 is 0 Å². The van der Waals surface area contributed by atoms with Gasteiger partial charge in [0.25, 0.3) is 0 Å². The first-order valence-corrected chi connectivity index (χ1v) is 6.30. The molecule has 0 aromatic carbocycles. The summed E-state index contributed by atoms with van der Waals surface area (Å²) in [5, 5.41) is 3.14. The largest absolute Gasteiger partial charge is 0.352 e. The van der Waals surface area contributed by atoms with Crippen LogP contribution in [0, 0.1) is 23.7 Å². The lowest BCUT2D eigenvalue weighted by atomic mass is 10.1. The van der Waals surface area contributed by atoms with Crippen molar-refractivity contribution >= 4 is 18.3 Å². The zero-order valence-corrected chi connectivity index (χ0v) is 10.3. The van der Waals surface area contributed by atoms with Crippen LogP contribution in [0.25, 0.3) is 0 Å². The second-order valence-corrected chi connectivity index (χ2v) is 5.53. The predicted octanol–water partition coefficient (Wildman–Crippen LogP) is 1.31. The van der Waals surface area contributed by atoms with Crippen molar-refractivity contribution in [2.24, 2.45) is 29.4 Å². The lowest BCUT2D eigenvalue weighted by Crippen LogP contribution is -2.42. The lowest BCUT2D eigenvalue weighted by Gasteiger charge is -2.15. The molecule has 16 heavy (non-hydrogen) atoms. The van der Waals surface area contributed by atoms with Crippen LogP contribution in [0.2, 0.25) is 0 Å². The van der Waals surface area contributed by atoms with E-state index in [1.807, 2.05) is 0 Å². The fourth-order valence-electron chi connectivity index (χ4n) is 2.72. The van der Waals surface area contributed by atoms with Crippen LogP contribution in [0.4, 0.5) is 0 Å². The number of nitrogens with two attached hydrogens (primary N) is 1. The smallest absolute Gasteiger partial charge is 0.223 e. The zero-order chi connectivity index (χ0) is 10.4. The number of carbonyl (C=O) groups is 1. The highest BCUT2D eigenvalue weighted by atomic mass is 35.5. The van der Waals surface area contributed by atoms with Gasteiger partial charge in [-0.2, -0.15) is 0 Å². The molecule has 1 amide bonds. The second-order valence-electron chi connectivity index (χ2n) is 5.53. The van der Waals surface area contributed by atoms with Crippen LogP contribution >= 0.6 is 12.4 Å². The van der Waals surface area contributed by atoms with E-state index in [4.69, 9.17) is 5.73 Å². The quantitative estimate of drug-likeness (QED) is 0.766. The van der Waals surface area contributed by atoms with Crippen molar-refractivity contribution in [3.8, 4) is 0 Å². The molecule has 0 saturated heterocycles. The summed E-state index contributed by atoms with van der Waals surface area (Å²) in [6, 6.07) is 0.262. The molecule has 0 radical (unpaired) electrons. The molecule has 3 fully saturated rings. The highest BCUT2D eigenvalue weighted by molar-refractivity contribution is 5.85. The van der Waals surface area contributed by atoms with Gasteiger partial charge < -0.3 is 11.1 Å². The first kappa shape index (κ1) is 12.2. The first-order chi connectivity index (χ1) is 7.29. The molecule has 0 aliphatic heterocycles. The highest BCUT2D eigenvalue weighted by Gasteiger charge is 2.51. The van der Waals surface area contributed by atoms with Crippen molar-refractivity contribution in [2.45, 2.75) is 38.1 Å². The van der Waals surface area contributed by atoms with Crippen LogP contribution in [0.3, 0.4) is 0 Å². The van der Waals surface area contributed by atoms with Gasteiger partial charge in [-0.25, -0.2) is 0 Å². The van der Waals surface area contributed by atoms with Gasteiger partial charge in [-0.3, -0.25) is 4.79 Å². The molecule has 3 aliphatic rings. The Morgan fingerprint density at radius 3 is 2.50 bits per heavy atom. The Morgan fingerprint density at radius 1 is 1.31 bits per heavy atom. The van der Waals surface area contributed by atoms with Crippen LogP contribution in [0.15, 0.2) is 0 Å². The standard InChI is InChI=1S/C12H20N2O.ClH/c13-6-11(8-3-4-8)14-12(15)10-5-9(10)7-1-2-7;/h7-11H,1-6,13H2,(H,14,15);1H. The van der Waals surface area contributed by atoms with Crippen LogP contribution in [0.1, 0.15) is 32.1 Å². The molecule has 3 atom stereocenters. The summed E-state index contributed by atoms with van der Waals surface area (Å²) in [5.74, 6) is 2.91. The number of carbonyl (C=O) groups excluding carboxylic acids is 1. The Balaban J connectivity index is 0.000000963. The molecule has 3 rings (SSSR count). The molecule has 0 aromatic heterocycles. The van der Waals surface area contributed by atoms with Crippen molar-refractivity contribution in [1.29, 1.82) is 0 Å². The molecule has 0 heterocycles. The Hall–Kier alpha value is -0.280. The minimum atomic E-state index is 0. The minimum Gasteiger partial charge on any atom is -0.352 e. The van der Waals surface area contributed by atoms with Gasteiger partial charge in [0, 0.05) is 18.5 Å². The summed E-state index contributed by atoms with van der Waals surface area (Å²) in [5.41, 5.74) is 5.67. The summed E-state index contributed by atoms with van der Waals surface area (Å²) >= 11 is 0. The summed E-state index contributed by atoms with van der Waals surface area (Å²) < 4.78 is 0. The van der Waals surface area contributed by atoms with Crippen molar-refractivity contribution in [3.63, 3.8) is 0 Å². The molecule has 92 valence electrons. The minimum absolute atomic E-state index is 0. The highest BCUT2D eigenvalue weighted by Crippen LogP contribution is 2.54. The number of nitrogens with one attached hydrogen (secondary N) is 1. The number of halogens is 1. The van der Waals surface area contributed by atoms with E-state index in [-0.39, 0.29) is 24.4 Å². The van der Waals surface area contributed by atoms with E-state index in [9.17, 15) is 4.79 Å². The van der Waals surface area contributed by atoms with Crippen LogP contribution in [0.5, 0.6) is 0 Å². The molecule has 3 nitrogen and oxygen atoms in total. The van der Waals surface area contributed by atoms with Crippen LogP contribution in [-0.2, 0) is 4.79 Å². The summed E-state index contributed by atoms with van der Waals surface area (Å²) in [6.45, 7) is 0.608. The maximum atomic E-state index is 11.9. The van der Waals surface area contributed by atoms with E-state index in [1.54, 1.807) is 0 Å². The van der Waals surface area contributed by atoms with Crippen molar-refractivity contribution < 1.29 is 4.79 Å². The van der Waals surface area contributed by atoms with Gasteiger partial charge in [-0.15, -0.1) is 12.4 Å². The molecule has 3 N–H and O–H groups in total. The number of rotatable bonds is 5. The summed E-state index contributed by atoms with van der Waals surface area (Å²) in [7, 11) is 0. The molecule has 3 saturated carbocycles. The molecule has 4 heteroatoms. The summed E-state index contributed by atoms with van der Waals surface area (Å²) in [6.07, 6.45) is 6.35. The first-order valence-electron chi connectivity index (χ1n) is 6.30. The number of hydrogen-bond acceptors (Lipinski definition) is 2.